The third-order valence-electron chi connectivity index (χ3n) is 3.45. The standard InChI is InChI=1S/C14H15N5.C4H4O4/c15-5-1-9-19-13-4-8-17-10-12(13)14(18-19)11-2-6-16-7-3-11;5-3(6)1-2-4(7)8/h2-4,6-8,10H,1,5,9,15H2;1-2H,(H,5,6)(H,7,8)/b;2-1+. The van der Waals surface area contributed by atoms with Crippen LogP contribution in [0.1, 0.15) is 6.42 Å². The molecule has 3 heterocycles. The van der Waals surface area contributed by atoms with Gasteiger partial charge in [-0.15, -0.1) is 0 Å². The molecular formula is C18H19N5O4. The number of carboxylic acids is 2. The van der Waals surface area contributed by atoms with Crippen LogP contribution >= 0.6 is 0 Å². The first-order chi connectivity index (χ1) is 13.0. The zero-order valence-corrected chi connectivity index (χ0v) is 14.4. The second-order valence-electron chi connectivity index (χ2n) is 5.35. The van der Waals surface area contributed by atoms with E-state index in [1.54, 1.807) is 18.6 Å². The van der Waals surface area contributed by atoms with Crippen LogP contribution in [-0.2, 0) is 16.1 Å². The third kappa shape index (κ3) is 5.72. The summed E-state index contributed by atoms with van der Waals surface area (Å²) in [6.07, 6.45) is 9.22. The first-order valence-corrected chi connectivity index (χ1v) is 8.08. The van der Waals surface area contributed by atoms with Crippen molar-refractivity contribution in [2.24, 2.45) is 5.73 Å². The number of aliphatic carboxylic acids is 2. The van der Waals surface area contributed by atoms with Crippen molar-refractivity contribution in [3.63, 3.8) is 0 Å². The monoisotopic (exact) mass is 369 g/mol. The summed E-state index contributed by atoms with van der Waals surface area (Å²) in [5.74, 6) is -2.51. The summed E-state index contributed by atoms with van der Waals surface area (Å²) >= 11 is 0. The summed E-state index contributed by atoms with van der Waals surface area (Å²) in [5, 5.41) is 21.4. The van der Waals surface area contributed by atoms with Crippen LogP contribution in [0, 0.1) is 0 Å². The van der Waals surface area contributed by atoms with E-state index >= 15 is 0 Å². The third-order valence-corrected chi connectivity index (χ3v) is 3.45. The summed E-state index contributed by atoms with van der Waals surface area (Å²) in [5.41, 5.74) is 8.67. The SMILES string of the molecule is NCCCn1nc(-c2ccncc2)c2cnccc21.O=C(O)/C=C/C(=O)O. The van der Waals surface area contributed by atoms with Gasteiger partial charge in [-0.3, -0.25) is 14.6 Å². The van der Waals surface area contributed by atoms with Crippen molar-refractivity contribution >= 4 is 22.8 Å². The van der Waals surface area contributed by atoms with E-state index in [9.17, 15) is 9.59 Å². The molecule has 140 valence electrons. The molecule has 0 aliphatic rings. The number of hydrogen-bond donors (Lipinski definition) is 3. The van der Waals surface area contributed by atoms with Crippen molar-refractivity contribution in [1.29, 1.82) is 0 Å². The lowest BCUT2D eigenvalue weighted by Gasteiger charge is -2.00. The molecule has 0 saturated carbocycles. The van der Waals surface area contributed by atoms with E-state index < -0.39 is 11.9 Å². The number of fused-ring (bicyclic) bond motifs is 1. The summed E-state index contributed by atoms with van der Waals surface area (Å²) in [6, 6.07) is 5.91. The van der Waals surface area contributed by atoms with E-state index in [0.717, 1.165) is 35.1 Å². The highest BCUT2D eigenvalue weighted by Gasteiger charge is 2.11. The molecule has 3 rings (SSSR count). The first-order valence-electron chi connectivity index (χ1n) is 8.08. The van der Waals surface area contributed by atoms with Crippen molar-refractivity contribution < 1.29 is 19.8 Å². The van der Waals surface area contributed by atoms with Gasteiger partial charge >= 0.3 is 11.9 Å². The van der Waals surface area contributed by atoms with Crippen LogP contribution in [0.2, 0.25) is 0 Å². The number of aromatic nitrogens is 4. The summed E-state index contributed by atoms with van der Waals surface area (Å²) in [4.78, 5) is 27.3. The van der Waals surface area contributed by atoms with E-state index in [2.05, 4.69) is 9.97 Å². The smallest absolute Gasteiger partial charge is 0.328 e. The average Bonchev–Trinajstić information content (AvgIpc) is 3.05. The molecule has 0 amide bonds. The number of pyridine rings is 2. The molecule has 0 radical (unpaired) electrons. The zero-order valence-electron chi connectivity index (χ0n) is 14.4. The largest absolute Gasteiger partial charge is 0.478 e. The maximum absolute atomic E-state index is 9.55. The number of hydrogen-bond acceptors (Lipinski definition) is 6. The Morgan fingerprint density at radius 1 is 1.04 bits per heavy atom. The van der Waals surface area contributed by atoms with Gasteiger partial charge in [0.05, 0.1) is 5.52 Å². The summed E-state index contributed by atoms with van der Waals surface area (Å²) in [6.45, 7) is 1.49. The van der Waals surface area contributed by atoms with Gasteiger partial charge in [-0.2, -0.15) is 5.10 Å². The van der Waals surface area contributed by atoms with Crippen molar-refractivity contribution in [3.05, 3.63) is 55.1 Å². The fourth-order valence-electron chi connectivity index (χ4n) is 2.30. The van der Waals surface area contributed by atoms with Crippen molar-refractivity contribution in [2.45, 2.75) is 13.0 Å². The van der Waals surface area contributed by atoms with Gasteiger partial charge < -0.3 is 15.9 Å². The van der Waals surface area contributed by atoms with Crippen LogP contribution in [-0.4, -0.2) is 48.4 Å². The van der Waals surface area contributed by atoms with Gasteiger partial charge in [-0.1, -0.05) is 0 Å². The predicted octanol–water partition coefficient (Wildman–Crippen LogP) is 1.55. The van der Waals surface area contributed by atoms with E-state index in [4.69, 9.17) is 21.0 Å². The molecular weight excluding hydrogens is 350 g/mol. The summed E-state index contributed by atoms with van der Waals surface area (Å²) < 4.78 is 2.00. The van der Waals surface area contributed by atoms with Crippen LogP contribution in [0.15, 0.2) is 55.1 Å². The molecule has 3 aromatic heterocycles. The molecule has 27 heavy (non-hydrogen) atoms. The van der Waals surface area contributed by atoms with Crippen LogP contribution in [0.3, 0.4) is 0 Å². The molecule has 0 fully saturated rings. The van der Waals surface area contributed by atoms with E-state index in [1.807, 2.05) is 29.1 Å². The van der Waals surface area contributed by atoms with Crippen LogP contribution in [0.4, 0.5) is 0 Å². The maximum Gasteiger partial charge on any atom is 0.328 e. The van der Waals surface area contributed by atoms with Gasteiger partial charge in [0, 0.05) is 54.4 Å². The molecule has 0 aliphatic carbocycles. The molecule has 4 N–H and O–H groups in total. The Morgan fingerprint density at radius 2 is 1.67 bits per heavy atom. The van der Waals surface area contributed by atoms with Crippen LogP contribution < -0.4 is 5.73 Å². The quantitative estimate of drug-likeness (QED) is 0.555. The molecule has 9 heteroatoms. The fourth-order valence-corrected chi connectivity index (χ4v) is 2.30. The highest BCUT2D eigenvalue weighted by atomic mass is 16.4. The second kappa shape index (κ2) is 9.78. The van der Waals surface area contributed by atoms with Gasteiger partial charge in [0.15, 0.2) is 0 Å². The lowest BCUT2D eigenvalue weighted by atomic mass is 10.1. The number of nitrogens with two attached hydrogens (primary N) is 1. The second-order valence-corrected chi connectivity index (χ2v) is 5.35. The minimum Gasteiger partial charge on any atom is -0.478 e. The number of carbonyl (C=O) groups is 2. The van der Waals surface area contributed by atoms with Gasteiger partial charge in [-0.25, -0.2) is 9.59 Å². The predicted molar refractivity (Wildman–Crippen MR) is 98.8 cm³/mol. The molecule has 9 nitrogen and oxygen atoms in total. The number of carboxylic acid groups (broad SMARTS) is 2. The number of nitrogens with zero attached hydrogens (tertiary/aromatic N) is 4. The Morgan fingerprint density at radius 3 is 2.26 bits per heavy atom. The Labute approximate surface area is 154 Å². The van der Waals surface area contributed by atoms with E-state index in [-0.39, 0.29) is 0 Å². The molecule has 0 aromatic carbocycles. The molecule has 0 saturated heterocycles. The molecule has 0 bridgehead atoms. The highest BCUT2D eigenvalue weighted by Crippen LogP contribution is 2.26. The number of rotatable bonds is 6. The van der Waals surface area contributed by atoms with E-state index in [1.165, 1.54) is 0 Å². The van der Waals surface area contributed by atoms with Gasteiger partial charge in [0.2, 0.25) is 0 Å². The zero-order chi connectivity index (χ0) is 19.6. The van der Waals surface area contributed by atoms with Crippen LogP contribution in [0.25, 0.3) is 22.2 Å². The normalized spacial score (nSPS) is 10.6. The van der Waals surface area contributed by atoms with Crippen LogP contribution in [0.5, 0.6) is 0 Å². The topological polar surface area (TPSA) is 144 Å². The van der Waals surface area contributed by atoms with Crippen molar-refractivity contribution in [3.8, 4) is 11.3 Å². The minimum atomic E-state index is -1.26. The highest BCUT2D eigenvalue weighted by molar-refractivity contribution is 5.92. The van der Waals surface area contributed by atoms with E-state index in [0.29, 0.717) is 18.7 Å². The molecule has 3 aromatic rings. The minimum absolute atomic E-state index is 0.558. The molecule has 0 aliphatic heterocycles. The van der Waals surface area contributed by atoms with Gasteiger partial charge in [-0.05, 0) is 31.2 Å². The summed E-state index contributed by atoms with van der Waals surface area (Å²) in [7, 11) is 0. The van der Waals surface area contributed by atoms with Crippen molar-refractivity contribution in [2.75, 3.05) is 6.54 Å². The lowest BCUT2D eigenvalue weighted by molar-refractivity contribution is -0.134. The Bertz CT molecular complexity index is 921. The molecule has 0 unspecified atom stereocenters. The lowest BCUT2D eigenvalue weighted by Crippen LogP contribution is -2.06. The Kier molecular flexibility index (Phi) is 7.15. The molecule has 0 atom stereocenters. The number of aryl methyl sites for hydroxylation is 1. The first kappa shape index (κ1) is 19.7. The fraction of sp³-hybridized carbons (Fsp3) is 0.167. The van der Waals surface area contributed by atoms with Gasteiger partial charge in [0.1, 0.15) is 5.69 Å². The maximum atomic E-state index is 9.55. The average molecular weight is 369 g/mol. The molecule has 0 spiro atoms. The Hall–Kier alpha value is -3.59. The van der Waals surface area contributed by atoms with Crippen molar-refractivity contribution in [1.82, 2.24) is 19.7 Å². The van der Waals surface area contributed by atoms with Gasteiger partial charge in [0.25, 0.3) is 0 Å². The Balaban J connectivity index is 0.000000279.